The lowest BCUT2D eigenvalue weighted by molar-refractivity contribution is 1.50. The summed E-state index contributed by atoms with van der Waals surface area (Å²) in [5.74, 6) is 0. The molecule has 0 aliphatic carbocycles. The number of hydrogen-bond donors (Lipinski definition) is 0. The molecule has 1 heteroatoms. The van der Waals surface area contributed by atoms with Gasteiger partial charge in [-0.1, -0.05) is 31.4 Å². The summed E-state index contributed by atoms with van der Waals surface area (Å²) in [4.78, 5) is 0. The molecule has 0 amide bonds. The number of nitriles is 1. The van der Waals surface area contributed by atoms with Crippen LogP contribution >= 0.6 is 0 Å². The van der Waals surface area contributed by atoms with E-state index in [1.807, 2.05) is 25.1 Å². The van der Waals surface area contributed by atoms with E-state index in [2.05, 4.69) is 13.2 Å². The van der Waals surface area contributed by atoms with E-state index in [1.54, 1.807) is 12.2 Å². The summed E-state index contributed by atoms with van der Waals surface area (Å²) < 4.78 is 0. The summed E-state index contributed by atoms with van der Waals surface area (Å²) in [5.41, 5.74) is 1.31. The van der Waals surface area contributed by atoms with Gasteiger partial charge in [0.05, 0.1) is 6.07 Å². The van der Waals surface area contributed by atoms with Crippen LogP contribution in [0, 0.1) is 11.3 Å². The first kappa shape index (κ1) is 9.45. The molecule has 0 saturated carbocycles. The first-order chi connectivity index (χ1) is 5.20. The summed E-state index contributed by atoms with van der Waals surface area (Å²) in [5, 5.41) is 8.33. The lowest BCUT2D eigenvalue weighted by Crippen LogP contribution is -1.68. The zero-order chi connectivity index (χ0) is 8.69. The van der Waals surface area contributed by atoms with Gasteiger partial charge in [-0.2, -0.15) is 5.26 Å². The first-order valence-corrected chi connectivity index (χ1v) is 3.29. The molecule has 0 spiro atoms. The molecule has 11 heavy (non-hydrogen) atoms. The van der Waals surface area contributed by atoms with Gasteiger partial charge in [-0.05, 0) is 18.6 Å². The van der Waals surface area contributed by atoms with E-state index in [4.69, 9.17) is 5.26 Å². The van der Waals surface area contributed by atoms with Crippen molar-refractivity contribution in [3.05, 3.63) is 48.6 Å². The van der Waals surface area contributed by atoms with E-state index in [1.165, 1.54) is 0 Å². The highest BCUT2D eigenvalue weighted by Gasteiger charge is 1.81. The molecule has 1 nitrogen and oxygen atoms in total. The Hall–Kier alpha value is -1.55. The van der Waals surface area contributed by atoms with Crippen LogP contribution in [-0.4, -0.2) is 0 Å². The molecule has 0 unspecified atom stereocenters. The molecule has 0 heterocycles. The van der Waals surface area contributed by atoms with Crippen LogP contribution in [0.25, 0.3) is 0 Å². The predicted molar refractivity (Wildman–Crippen MR) is 47.8 cm³/mol. The van der Waals surface area contributed by atoms with Crippen molar-refractivity contribution in [1.82, 2.24) is 0 Å². The van der Waals surface area contributed by atoms with Crippen LogP contribution in [-0.2, 0) is 0 Å². The third kappa shape index (κ3) is 4.92. The second-order valence-electron chi connectivity index (χ2n) is 2.05. The Kier molecular flexibility index (Phi) is 4.51. The monoisotopic (exact) mass is 145 g/mol. The molecular weight excluding hydrogens is 134 g/mol. The normalized spacial score (nSPS) is 10.2. The Labute approximate surface area is 67.7 Å². The fraction of sp³-hybridized carbons (Fsp3) is 0.100. The van der Waals surface area contributed by atoms with E-state index in [9.17, 15) is 0 Å². The summed E-state index contributed by atoms with van der Waals surface area (Å²) in [6.07, 6.45) is 7.15. The fourth-order valence-electron chi connectivity index (χ4n) is 0.515. The summed E-state index contributed by atoms with van der Waals surface area (Å²) >= 11 is 0. The second-order valence-corrected chi connectivity index (χ2v) is 2.05. The van der Waals surface area contributed by atoms with Crippen LogP contribution in [0.3, 0.4) is 0 Å². The van der Waals surface area contributed by atoms with Crippen molar-refractivity contribution in [2.75, 3.05) is 0 Å². The van der Waals surface area contributed by atoms with Gasteiger partial charge in [-0.15, -0.1) is 0 Å². The maximum Gasteiger partial charge on any atom is 0.0985 e. The van der Waals surface area contributed by atoms with Crippen LogP contribution in [0.1, 0.15) is 6.92 Å². The molecule has 0 fully saturated rings. The Bertz CT molecular complexity index is 249. The highest BCUT2D eigenvalue weighted by Crippen LogP contribution is 1.98. The lowest BCUT2D eigenvalue weighted by Gasteiger charge is -1.86. The number of nitrogens with zero attached hydrogens (tertiary/aromatic N) is 1. The average Bonchev–Trinajstić information content (AvgIpc) is 2.01. The van der Waals surface area contributed by atoms with Gasteiger partial charge in [0.15, 0.2) is 0 Å². The van der Waals surface area contributed by atoms with Gasteiger partial charge >= 0.3 is 0 Å². The topological polar surface area (TPSA) is 23.8 Å². The summed E-state index contributed by atoms with van der Waals surface area (Å²) in [6.45, 7) is 9.13. The van der Waals surface area contributed by atoms with Crippen molar-refractivity contribution in [3.63, 3.8) is 0 Å². The molecular formula is C10H11N. The van der Waals surface area contributed by atoms with Crippen LogP contribution in [0.5, 0.6) is 0 Å². The molecule has 0 aliphatic rings. The van der Waals surface area contributed by atoms with E-state index in [0.717, 1.165) is 5.57 Å². The zero-order valence-corrected chi connectivity index (χ0v) is 6.67. The predicted octanol–water partition coefficient (Wildman–Crippen LogP) is 2.75. The first-order valence-electron chi connectivity index (χ1n) is 3.29. The van der Waals surface area contributed by atoms with Gasteiger partial charge in [0, 0.05) is 5.57 Å². The number of rotatable bonds is 3. The van der Waals surface area contributed by atoms with Crippen LogP contribution in [0.15, 0.2) is 48.6 Å². The van der Waals surface area contributed by atoms with Crippen molar-refractivity contribution >= 4 is 0 Å². The Morgan fingerprint density at radius 2 is 1.91 bits per heavy atom. The van der Waals surface area contributed by atoms with Crippen LogP contribution in [0.4, 0.5) is 0 Å². The Morgan fingerprint density at radius 3 is 2.36 bits per heavy atom. The maximum atomic E-state index is 8.33. The van der Waals surface area contributed by atoms with Crippen molar-refractivity contribution in [3.8, 4) is 6.07 Å². The maximum absolute atomic E-state index is 8.33. The Morgan fingerprint density at radius 1 is 1.27 bits per heavy atom. The van der Waals surface area contributed by atoms with Crippen molar-refractivity contribution < 1.29 is 0 Å². The molecule has 0 rings (SSSR count). The van der Waals surface area contributed by atoms with Crippen molar-refractivity contribution in [1.29, 1.82) is 5.26 Å². The fourth-order valence-corrected chi connectivity index (χ4v) is 0.515. The minimum atomic E-state index is 0.440. The average molecular weight is 145 g/mol. The molecule has 0 aliphatic heterocycles. The molecule has 0 bridgehead atoms. The minimum absolute atomic E-state index is 0.440. The molecule has 0 radical (unpaired) electrons. The molecule has 0 aromatic rings. The van der Waals surface area contributed by atoms with E-state index in [0.29, 0.717) is 5.57 Å². The molecule has 0 saturated heterocycles. The van der Waals surface area contributed by atoms with E-state index < -0.39 is 0 Å². The van der Waals surface area contributed by atoms with Crippen LogP contribution < -0.4 is 0 Å². The second kappa shape index (κ2) is 5.25. The van der Waals surface area contributed by atoms with Gasteiger partial charge in [0.2, 0.25) is 0 Å². The number of hydrogen-bond acceptors (Lipinski definition) is 1. The molecule has 0 aromatic carbocycles. The van der Waals surface area contributed by atoms with Gasteiger partial charge in [0.25, 0.3) is 0 Å². The SMILES string of the molecule is C=C(C#N)/C=C\C(=C)/C=C/C. The number of allylic oxidation sites excluding steroid dienone is 6. The highest BCUT2D eigenvalue weighted by atomic mass is 14.2. The smallest absolute Gasteiger partial charge is 0.0985 e. The largest absolute Gasteiger partial charge is 0.192 e. The van der Waals surface area contributed by atoms with Gasteiger partial charge in [-0.25, -0.2) is 0 Å². The summed E-state index contributed by atoms with van der Waals surface area (Å²) in [7, 11) is 0. The highest BCUT2D eigenvalue weighted by molar-refractivity contribution is 5.36. The third-order valence-corrected chi connectivity index (χ3v) is 1.02. The zero-order valence-electron chi connectivity index (χ0n) is 6.67. The van der Waals surface area contributed by atoms with Gasteiger partial charge in [-0.3, -0.25) is 0 Å². The van der Waals surface area contributed by atoms with Crippen molar-refractivity contribution in [2.45, 2.75) is 6.92 Å². The lowest BCUT2D eigenvalue weighted by atomic mass is 10.2. The molecule has 0 aromatic heterocycles. The molecule has 0 N–H and O–H groups in total. The molecule has 56 valence electrons. The van der Waals surface area contributed by atoms with Crippen LogP contribution in [0.2, 0.25) is 0 Å². The summed E-state index contributed by atoms with van der Waals surface area (Å²) in [6, 6.07) is 1.92. The minimum Gasteiger partial charge on any atom is -0.192 e. The third-order valence-electron chi connectivity index (χ3n) is 1.02. The quantitative estimate of drug-likeness (QED) is 0.442. The van der Waals surface area contributed by atoms with E-state index >= 15 is 0 Å². The van der Waals surface area contributed by atoms with Gasteiger partial charge in [0.1, 0.15) is 0 Å². The van der Waals surface area contributed by atoms with E-state index in [-0.39, 0.29) is 0 Å². The molecule has 0 atom stereocenters. The van der Waals surface area contributed by atoms with Crippen molar-refractivity contribution in [2.24, 2.45) is 0 Å². The standard InChI is InChI=1S/C10H11N/c1-4-5-9(2)6-7-10(3)8-11/h4-7H,2-3H2,1H3/b5-4+,7-6-. The van der Waals surface area contributed by atoms with Gasteiger partial charge < -0.3 is 0 Å². The Balaban J connectivity index is 4.06.